The number of rotatable bonds is 4. The highest BCUT2D eigenvalue weighted by molar-refractivity contribution is 5.87. The van der Waals surface area contributed by atoms with Crippen molar-refractivity contribution in [2.75, 3.05) is 13.1 Å². The molecule has 1 aromatic rings. The Kier molecular flexibility index (Phi) is 5.59. The van der Waals surface area contributed by atoms with Crippen LogP contribution in [0.15, 0.2) is 30.9 Å². The van der Waals surface area contributed by atoms with Gasteiger partial charge in [0, 0.05) is 32.6 Å². The van der Waals surface area contributed by atoms with E-state index < -0.39 is 0 Å². The number of carbonyl (C=O) groups is 2. The third-order valence-electron chi connectivity index (χ3n) is 5.67. The van der Waals surface area contributed by atoms with E-state index >= 15 is 0 Å². The number of piperidine rings is 1. The number of fused-ring (bicyclic) bond motifs is 1. The molecule has 0 aliphatic carbocycles. The normalized spacial score (nSPS) is 19.0. The maximum Gasteiger partial charge on any atom is 0.246 e. The minimum Gasteiger partial charge on any atom is -0.488 e. The molecule has 2 heterocycles. The lowest BCUT2D eigenvalue weighted by molar-refractivity contribution is -0.133. The summed E-state index contributed by atoms with van der Waals surface area (Å²) in [6, 6.07) is 6.38. The molecule has 1 aromatic carbocycles. The van der Waals surface area contributed by atoms with Crippen LogP contribution in [0.1, 0.15) is 51.2 Å². The van der Waals surface area contributed by atoms with Gasteiger partial charge in [-0.25, -0.2) is 0 Å². The summed E-state index contributed by atoms with van der Waals surface area (Å²) in [5.41, 5.74) is 2.20. The number of amides is 2. The summed E-state index contributed by atoms with van der Waals surface area (Å²) in [7, 11) is 0. The molecule has 0 unspecified atom stereocenters. The Balaban J connectivity index is 1.73. The van der Waals surface area contributed by atoms with E-state index in [4.69, 9.17) is 4.74 Å². The molecular weight excluding hydrogens is 340 g/mol. The maximum atomic E-state index is 12.5. The molecular formula is C22H30N2O3. The third-order valence-corrected chi connectivity index (χ3v) is 5.67. The molecule has 2 aliphatic rings. The third kappa shape index (κ3) is 4.52. The summed E-state index contributed by atoms with van der Waals surface area (Å²) in [6.07, 6.45) is 4.98. The van der Waals surface area contributed by atoms with E-state index in [0.717, 1.165) is 37.0 Å². The highest BCUT2D eigenvalue weighted by atomic mass is 16.5. The first kappa shape index (κ1) is 19.5. The van der Waals surface area contributed by atoms with Crippen molar-refractivity contribution in [3.8, 4) is 5.75 Å². The van der Waals surface area contributed by atoms with Crippen LogP contribution >= 0.6 is 0 Å². The number of benzene rings is 1. The van der Waals surface area contributed by atoms with Crippen molar-refractivity contribution in [3.63, 3.8) is 0 Å². The number of aryl methyl sites for hydroxylation is 1. The first-order chi connectivity index (χ1) is 12.8. The second-order valence-corrected chi connectivity index (χ2v) is 8.21. The zero-order chi connectivity index (χ0) is 19.6. The molecule has 0 bridgehead atoms. The Labute approximate surface area is 162 Å². The van der Waals surface area contributed by atoms with Crippen molar-refractivity contribution >= 4 is 11.8 Å². The molecule has 0 aromatic heterocycles. The maximum absolute atomic E-state index is 12.5. The molecule has 1 fully saturated rings. The average Bonchev–Trinajstić information content (AvgIpc) is 2.65. The Morgan fingerprint density at radius 1 is 1.33 bits per heavy atom. The lowest BCUT2D eigenvalue weighted by Gasteiger charge is -2.38. The van der Waals surface area contributed by atoms with Crippen LogP contribution in [0.5, 0.6) is 5.75 Å². The molecule has 0 radical (unpaired) electrons. The minimum absolute atomic E-state index is 0.0496. The van der Waals surface area contributed by atoms with Gasteiger partial charge in [-0.05, 0) is 62.8 Å². The average molecular weight is 370 g/mol. The fourth-order valence-corrected chi connectivity index (χ4v) is 4.00. The van der Waals surface area contributed by atoms with Crippen LogP contribution in [-0.4, -0.2) is 46.3 Å². The van der Waals surface area contributed by atoms with Gasteiger partial charge in [-0.15, -0.1) is 0 Å². The number of hydrogen-bond donors (Lipinski definition) is 0. The van der Waals surface area contributed by atoms with E-state index in [1.165, 1.54) is 11.6 Å². The number of likely N-dealkylation sites (tertiary alicyclic amines) is 1. The van der Waals surface area contributed by atoms with Gasteiger partial charge in [0.1, 0.15) is 11.4 Å². The Hall–Kier alpha value is -2.30. The summed E-state index contributed by atoms with van der Waals surface area (Å²) in [5, 5.41) is 0. The van der Waals surface area contributed by atoms with Crippen LogP contribution in [0.4, 0.5) is 0 Å². The SMILES string of the molecule is C=CC(=O)N(Cc1ccc2c(c1)CCC(C)(C)O2)C1CCN(C(C)=O)CC1. The second-order valence-electron chi connectivity index (χ2n) is 8.21. The quantitative estimate of drug-likeness (QED) is 0.764. The first-order valence-electron chi connectivity index (χ1n) is 9.78. The summed E-state index contributed by atoms with van der Waals surface area (Å²) in [5.74, 6) is 1.01. The topological polar surface area (TPSA) is 49.9 Å². The van der Waals surface area contributed by atoms with Crippen LogP contribution < -0.4 is 4.74 Å². The largest absolute Gasteiger partial charge is 0.488 e. The van der Waals surface area contributed by atoms with Crippen molar-refractivity contribution in [1.29, 1.82) is 0 Å². The molecule has 3 rings (SSSR count). The van der Waals surface area contributed by atoms with Crippen LogP contribution in [0, 0.1) is 0 Å². The van der Waals surface area contributed by atoms with Gasteiger partial charge in [-0.1, -0.05) is 18.7 Å². The summed E-state index contributed by atoms with van der Waals surface area (Å²) in [6.45, 7) is 11.5. The molecule has 146 valence electrons. The van der Waals surface area contributed by atoms with E-state index in [1.54, 1.807) is 6.92 Å². The highest BCUT2D eigenvalue weighted by Gasteiger charge is 2.29. The molecule has 2 aliphatic heterocycles. The van der Waals surface area contributed by atoms with Gasteiger partial charge in [-0.3, -0.25) is 9.59 Å². The van der Waals surface area contributed by atoms with E-state index in [-0.39, 0.29) is 23.5 Å². The number of hydrogen-bond acceptors (Lipinski definition) is 3. The predicted octanol–water partition coefficient (Wildman–Crippen LogP) is 3.32. The van der Waals surface area contributed by atoms with Crippen LogP contribution in [0.2, 0.25) is 0 Å². The lowest BCUT2D eigenvalue weighted by atomic mass is 9.93. The van der Waals surface area contributed by atoms with E-state index in [1.807, 2.05) is 21.9 Å². The fourth-order valence-electron chi connectivity index (χ4n) is 4.00. The van der Waals surface area contributed by atoms with Gasteiger partial charge in [0.05, 0.1) is 0 Å². The Morgan fingerprint density at radius 2 is 2.04 bits per heavy atom. The zero-order valence-electron chi connectivity index (χ0n) is 16.7. The predicted molar refractivity (Wildman–Crippen MR) is 105 cm³/mol. The number of ether oxygens (including phenoxy) is 1. The first-order valence-corrected chi connectivity index (χ1v) is 9.78. The Bertz CT molecular complexity index is 733. The smallest absolute Gasteiger partial charge is 0.246 e. The van der Waals surface area contributed by atoms with E-state index in [0.29, 0.717) is 19.6 Å². The molecule has 0 atom stereocenters. The molecule has 27 heavy (non-hydrogen) atoms. The van der Waals surface area contributed by atoms with Gasteiger partial charge in [-0.2, -0.15) is 0 Å². The van der Waals surface area contributed by atoms with Crippen molar-refractivity contribution in [2.45, 2.75) is 64.6 Å². The van der Waals surface area contributed by atoms with Gasteiger partial charge in [0.2, 0.25) is 11.8 Å². The van der Waals surface area contributed by atoms with Crippen LogP contribution in [0.25, 0.3) is 0 Å². The fraction of sp³-hybridized carbons (Fsp3) is 0.545. The van der Waals surface area contributed by atoms with Crippen molar-refractivity contribution < 1.29 is 14.3 Å². The van der Waals surface area contributed by atoms with E-state index in [2.05, 4.69) is 26.5 Å². The standard InChI is InChI=1S/C22H30N2O3/c1-5-21(26)24(19-9-12-23(13-10-19)16(2)25)15-17-6-7-20-18(14-17)8-11-22(3,4)27-20/h5-7,14,19H,1,8-13,15H2,2-4H3. The van der Waals surface area contributed by atoms with Crippen molar-refractivity contribution in [1.82, 2.24) is 9.80 Å². The highest BCUT2D eigenvalue weighted by Crippen LogP contribution is 2.34. The molecule has 0 N–H and O–H groups in total. The molecule has 0 saturated carbocycles. The molecule has 2 amide bonds. The number of carbonyl (C=O) groups excluding carboxylic acids is 2. The van der Waals surface area contributed by atoms with E-state index in [9.17, 15) is 9.59 Å². The Morgan fingerprint density at radius 3 is 2.67 bits per heavy atom. The van der Waals surface area contributed by atoms with Crippen LogP contribution in [-0.2, 0) is 22.6 Å². The number of nitrogens with zero attached hydrogens (tertiary/aromatic N) is 2. The van der Waals surface area contributed by atoms with Gasteiger partial charge < -0.3 is 14.5 Å². The van der Waals surface area contributed by atoms with Gasteiger partial charge in [0.25, 0.3) is 0 Å². The molecule has 1 saturated heterocycles. The van der Waals surface area contributed by atoms with Gasteiger partial charge >= 0.3 is 0 Å². The summed E-state index contributed by atoms with van der Waals surface area (Å²) < 4.78 is 6.06. The van der Waals surface area contributed by atoms with Gasteiger partial charge in [0.15, 0.2) is 0 Å². The monoisotopic (exact) mass is 370 g/mol. The summed E-state index contributed by atoms with van der Waals surface area (Å²) >= 11 is 0. The molecule has 5 heteroatoms. The second kappa shape index (κ2) is 7.75. The molecule has 0 spiro atoms. The minimum atomic E-state index is -0.121. The van der Waals surface area contributed by atoms with Crippen molar-refractivity contribution in [2.24, 2.45) is 0 Å². The van der Waals surface area contributed by atoms with Crippen LogP contribution in [0.3, 0.4) is 0 Å². The van der Waals surface area contributed by atoms with Crippen molar-refractivity contribution in [3.05, 3.63) is 42.0 Å². The lowest BCUT2D eigenvalue weighted by Crippen LogP contribution is -2.47. The zero-order valence-corrected chi connectivity index (χ0v) is 16.7. The molecule has 5 nitrogen and oxygen atoms in total. The summed E-state index contributed by atoms with van der Waals surface area (Å²) in [4.78, 5) is 27.8.